The van der Waals surface area contributed by atoms with Crippen LogP contribution in [-0.4, -0.2) is 12.3 Å². The zero-order chi connectivity index (χ0) is 55.6. The second-order valence-electron chi connectivity index (χ2n) is 20.7. The Balaban J connectivity index is 0.000000139. The van der Waals surface area contributed by atoms with Gasteiger partial charge in [0.15, 0.2) is 0 Å². The Labute approximate surface area is 530 Å². The first-order valence-electron chi connectivity index (χ1n) is 28.1. The molecular formula is C80H60Au2P2+2. The minimum Gasteiger partial charge on any atom is -0.366 e. The van der Waals surface area contributed by atoms with E-state index in [0.29, 0.717) is 0 Å². The SMILES string of the molecule is [Au+].[Au+].[C-]#Cc1ccc2c(c1)-c1ccccc1C2(c1ccccc1)c1ccccc1.[C-]#Cc1ccc2c(c1)C(c1ccccc1)(c1ccccc1)c1ccccc1-2.c1ccc([PH+](CC[PH+](c2ccccc2)c2ccccc2)c2ccccc2)cc1. The molecule has 0 spiro atoms. The second-order valence-corrected chi connectivity index (χ2v) is 26.0. The van der Waals surface area contributed by atoms with E-state index in [9.17, 15) is 0 Å². The summed E-state index contributed by atoms with van der Waals surface area (Å²) in [4.78, 5) is 0. The molecule has 0 radical (unpaired) electrons. The molecule has 410 valence electrons. The fraction of sp³-hybridized carbons (Fsp3) is 0.0500. The van der Waals surface area contributed by atoms with Gasteiger partial charge in [0.2, 0.25) is 0 Å². The van der Waals surface area contributed by atoms with E-state index in [1.54, 1.807) is 0 Å². The van der Waals surface area contributed by atoms with Crippen molar-refractivity contribution in [1.29, 1.82) is 0 Å². The molecule has 0 N–H and O–H groups in total. The van der Waals surface area contributed by atoms with E-state index in [2.05, 4.69) is 327 Å². The van der Waals surface area contributed by atoms with Gasteiger partial charge < -0.3 is 12.8 Å². The second kappa shape index (κ2) is 27.7. The van der Waals surface area contributed by atoms with Crippen molar-refractivity contribution in [3.8, 4) is 34.1 Å². The molecule has 0 saturated heterocycles. The average molecular weight is 1480 g/mol. The third kappa shape index (κ3) is 11.6. The van der Waals surface area contributed by atoms with Crippen LogP contribution in [0.3, 0.4) is 0 Å². The van der Waals surface area contributed by atoms with E-state index < -0.39 is 15.8 Å². The van der Waals surface area contributed by atoms with Crippen molar-refractivity contribution in [2.24, 2.45) is 0 Å². The summed E-state index contributed by atoms with van der Waals surface area (Å²) in [6.45, 7) is 0. The molecule has 12 aromatic carbocycles. The van der Waals surface area contributed by atoms with Crippen molar-refractivity contribution in [1.82, 2.24) is 0 Å². The summed E-state index contributed by atoms with van der Waals surface area (Å²) < 4.78 is 0. The summed E-state index contributed by atoms with van der Waals surface area (Å²) in [5.41, 5.74) is 15.9. The van der Waals surface area contributed by atoms with Crippen LogP contribution in [0, 0.1) is 24.7 Å². The van der Waals surface area contributed by atoms with Gasteiger partial charge in [-0.25, -0.2) is 0 Å². The van der Waals surface area contributed by atoms with Gasteiger partial charge in [0, 0.05) is 0 Å². The number of hydrogen-bond acceptors (Lipinski definition) is 0. The van der Waals surface area contributed by atoms with Crippen molar-refractivity contribution in [2.45, 2.75) is 10.8 Å². The summed E-state index contributed by atoms with van der Waals surface area (Å²) in [7, 11) is -1.57. The van der Waals surface area contributed by atoms with Crippen LogP contribution in [0.25, 0.3) is 22.3 Å². The number of fused-ring (bicyclic) bond motifs is 6. The molecule has 0 saturated carbocycles. The predicted molar refractivity (Wildman–Crippen MR) is 351 cm³/mol. The van der Waals surface area contributed by atoms with Crippen molar-refractivity contribution in [2.75, 3.05) is 12.3 Å². The molecule has 0 heterocycles. The zero-order valence-electron chi connectivity index (χ0n) is 46.2. The largest absolute Gasteiger partial charge is 1.00 e. The van der Waals surface area contributed by atoms with E-state index in [4.69, 9.17) is 12.8 Å². The fourth-order valence-corrected chi connectivity index (χ4v) is 19.0. The quantitative estimate of drug-likeness (QED) is 0.0524. The van der Waals surface area contributed by atoms with Gasteiger partial charge in [-0.2, -0.15) is 0 Å². The Morgan fingerprint density at radius 3 is 0.869 bits per heavy atom. The monoisotopic (exact) mass is 1480 g/mol. The maximum absolute atomic E-state index is 7.66. The van der Waals surface area contributed by atoms with Gasteiger partial charge in [-0.1, -0.05) is 255 Å². The van der Waals surface area contributed by atoms with Crippen LogP contribution in [0.15, 0.2) is 328 Å². The number of benzene rings is 12. The Kier molecular flexibility index (Phi) is 19.5. The molecule has 0 aromatic heterocycles. The van der Waals surface area contributed by atoms with Crippen molar-refractivity contribution >= 4 is 37.1 Å². The van der Waals surface area contributed by atoms with Crippen molar-refractivity contribution < 1.29 is 44.8 Å². The first-order valence-corrected chi connectivity index (χ1v) is 31.5. The van der Waals surface area contributed by atoms with E-state index in [-0.39, 0.29) is 55.6 Å². The first-order chi connectivity index (χ1) is 40.6. The van der Waals surface area contributed by atoms with E-state index in [0.717, 1.165) is 11.1 Å². The van der Waals surface area contributed by atoms with E-state index in [1.165, 1.54) is 100 Å². The number of rotatable bonds is 11. The normalized spacial score (nSPS) is 12.3. The number of hydrogen-bond donors (Lipinski definition) is 0. The first kappa shape index (κ1) is 59.3. The van der Waals surface area contributed by atoms with Gasteiger partial charge >= 0.3 is 44.8 Å². The van der Waals surface area contributed by atoms with Crippen LogP contribution in [0.4, 0.5) is 0 Å². The van der Waals surface area contributed by atoms with Gasteiger partial charge in [-0.3, -0.25) is 11.8 Å². The molecule has 14 rings (SSSR count). The topological polar surface area (TPSA) is 0 Å². The average Bonchev–Trinajstić information content (AvgIpc) is 3.51. The van der Waals surface area contributed by atoms with Gasteiger partial charge in [0.05, 0.1) is 47.9 Å². The molecule has 0 amide bonds. The van der Waals surface area contributed by atoms with Crippen LogP contribution >= 0.6 is 15.8 Å². The van der Waals surface area contributed by atoms with Crippen LogP contribution in [0.2, 0.25) is 0 Å². The molecule has 0 bridgehead atoms. The predicted octanol–water partition coefficient (Wildman–Crippen LogP) is 16.7. The van der Waals surface area contributed by atoms with Gasteiger partial charge in [0.25, 0.3) is 0 Å². The maximum atomic E-state index is 7.66. The molecule has 84 heavy (non-hydrogen) atoms. The van der Waals surface area contributed by atoms with E-state index >= 15 is 0 Å². The minimum absolute atomic E-state index is 0. The summed E-state index contributed by atoms with van der Waals surface area (Å²) in [6, 6.07) is 117. The van der Waals surface area contributed by atoms with Crippen molar-refractivity contribution in [3.63, 3.8) is 0 Å². The summed E-state index contributed by atoms with van der Waals surface area (Å²) in [5, 5.41) is 6.06. The van der Waals surface area contributed by atoms with Gasteiger partial charge in [-0.05, 0) is 115 Å². The smallest absolute Gasteiger partial charge is 0.366 e. The van der Waals surface area contributed by atoms with E-state index in [1.807, 2.05) is 12.1 Å². The van der Waals surface area contributed by atoms with Gasteiger partial charge in [0.1, 0.15) is 12.3 Å². The van der Waals surface area contributed by atoms with Crippen LogP contribution in [0.5, 0.6) is 0 Å². The van der Waals surface area contributed by atoms with Gasteiger partial charge in [-0.15, -0.1) is 35.4 Å². The Bertz CT molecular complexity index is 3920. The molecule has 0 unspecified atom stereocenters. The molecular weight excluding hydrogens is 1420 g/mol. The molecule has 2 aliphatic rings. The minimum atomic E-state index is -0.783. The zero-order valence-corrected chi connectivity index (χ0v) is 52.5. The maximum Gasteiger partial charge on any atom is 1.00 e. The Morgan fingerprint density at radius 1 is 0.250 bits per heavy atom. The standard InChI is InChI=1S/2C27H17.C26H24P2.2Au/c1-2-20-17-18-26-24(19-20)23-15-9-10-16-25(23)27(26,21-11-5-3-6-12-21)22-13-7-4-8-14-22;1-2-20-17-18-24-23-15-9-10-16-25(23)27(26(24)19-20,21-11-5-3-6-12-21)22-13-7-4-8-14-22;1-5-13-23(14-6-1)27(24-15-7-2-8-16-24)21-22-28(25-17-9-3-10-18-25)26-19-11-4-12-20-26;;/h2*3-19H;1-20H,21-22H2;;/q2*-1;;2*+1/p+2. The Morgan fingerprint density at radius 2 is 0.512 bits per heavy atom. The summed E-state index contributed by atoms with van der Waals surface area (Å²) >= 11 is 0. The fourth-order valence-electron chi connectivity index (χ4n) is 12.8. The third-order valence-electron chi connectivity index (χ3n) is 16.3. The summed E-state index contributed by atoms with van der Waals surface area (Å²) in [5.74, 6) is 5.12. The molecule has 0 nitrogen and oxygen atoms in total. The molecule has 0 fully saturated rings. The van der Waals surface area contributed by atoms with Crippen LogP contribution in [-0.2, 0) is 55.6 Å². The summed E-state index contributed by atoms with van der Waals surface area (Å²) in [6.07, 6.45) is 17.7. The molecule has 12 aromatic rings. The third-order valence-corrected chi connectivity index (χ3v) is 22.4. The van der Waals surface area contributed by atoms with Crippen LogP contribution in [0.1, 0.15) is 55.6 Å². The van der Waals surface area contributed by atoms with Crippen LogP contribution < -0.4 is 21.2 Å². The molecule has 0 aliphatic heterocycles. The Hall–Kier alpha value is -7.90. The molecule has 4 heteroatoms. The van der Waals surface area contributed by atoms with Crippen molar-refractivity contribution in [3.05, 3.63) is 396 Å². The molecule has 0 atom stereocenters. The molecule has 2 aliphatic carbocycles.